The predicted molar refractivity (Wildman–Crippen MR) is 184 cm³/mol. The zero-order chi connectivity index (χ0) is 28.8. The molecular formula is C42H31N. The highest BCUT2D eigenvalue weighted by molar-refractivity contribution is 5.96. The Morgan fingerprint density at radius 1 is 0.372 bits per heavy atom. The molecule has 0 unspecified atom stereocenters. The smallest absolute Gasteiger partial charge is 0.0462 e. The first-order valence-electron chi connectivity index (χ1n) is 14.7. The van der Waals surface area contributed by atoms with Crippen molar-refractivity contribution in [1.82, 2.24) is 0 Å². The maximum Gasteiger partial charge on any atom is 0.0462 e. The van der Waals surface area contributed by atoms with Crippen LogP contribution in [0, 0.1) is 0 Å². The molecule has 0 fully saturated rings. The second kappa shape index (κ2) is 12.1. The fraction of sp³-hybridized carbons (Fsp3) is 0. The molecule has 0 aliphatic carbocycles. The average molecular weight is 550 g/mol. The summed E-state index contributed by atoms with van der Waals surface area (Å²) >= 11 is 0. The van der Waals surface area contributed by atoms with E-state index in [-0.39, 0.29) is 0 Å². The first kappa shape index (κ1) is 26.3. The van der Waals surface area contributed by atoms with E-state index in [4.69, 9.17) is 0 Å². The number of nitrogens with zero attached hydrogens (tertiary/aromatic N) is 1. The lowest BCUT2D eigenvalue weighted by Crippen LogP contribution is -2.09. The fourth-order valence-corrected chi connectivity index (χ4v) is 5.67. The molecule has 1 nitrogen and oxygen atoms in total. The number of rotatable bonds is 7. The topological polar surface area (TPSA) is 3.24 Å². The van der Waals surface area contributed by atoms with E-state index in [0.29, 0.717) is 0 Å². The van der Waals surface area contributed by atoms with Gasteiger partial charge in [-0.05, 0) is 98.8 Å². The van der Waals surface area contributed by atoms with Crippen LogP contribution < -0.4 is 4.90 Å². The van der Waals surface area contributed by atoms with Crippen LogP contribution in [-0.4, -0.2) is 0 Å². The zero-order valence-corrected chi connectivity index (χ0v) is 23.8. The van der Waals surface area contributed by atoms with Crippen molar-refractivity contribution in [2.45, 2.75) is 0 Å². The maximum atomic E-state index is 2.31. The summed E-state index contributed by atoms with van der Waals surface area (Å²) in [5.74, 6) is 0. The Balaban J connectivity index is 1.32. The van der Waals surface area contributed by atoms with Crippen molar-refractivity contribution < 1.29 is 0 Å². The Morgan fingerprint density at radius 3 is 1.58 bits per heavy atom. The highest BCUT2D eigenvalue weighted by Crippen LogP contribution is 2.36. The number of hydrogen-bond acceptors (Lipinski definition) is 1. The van der Waals surface area contributed by atoms with Gasteiger partial charge < -0.3 is 4.90 Å². The van der Waals surface area contributed by atoms with Crippen molar-refractivity contribution in [2.75, 3.05) is 4.90 Å². The number of fused-ring (bicyclic) bond motifs is 1. The Hall–Kier alpha value is -5.66. The molecule has 7 rings (SSSR count). The van der Waals surface area contributed by atoms with Crippen LogP contribution in [0.2, 0.25) is 0 Å². The highest BCUT2D eigenvalue weighted by Gasteiger charge is 2.13. The monoisotopic (exact) mass is 549 g/mol. The zero-order valence-electron chi connectivity index (χ0n) is 23.8. The second-order valence-electron chi connectivity index (χ2n) is 10.7. The molecule has 0 atom stereocenters. The molecule has 0 spiro atoms. The molecule has 0 amide bonds. The van der Waals surface area contributed by atoms with Gasteiger partial charge in [0.1, 0.15) is 0 Å². The largest absolute Gasteiger partial charge is 0.311 e. The molecule has 7 aromatic rings. The van der Waals surface area contributed by atoms with Crippen molar-refractivity contribution in [1.29, 1.82) is 0 Å². The van der Waals surface area contributed by atoms with Crippen molar-refractivity contribution >= 4 is 39.5 Å². The molecule has 0 aliphatic rings. The van der Waals surface area contributed by atoms with E-state index < -0.39 is 0 Å². The Morgan fingerprint density at radius 2 is 0.907 bits per heavy atom. The molecular weight excluding hydrogens is 518 g/mol. The summed E-state index contributed by atoms with van der Waals surface area (Å²) in [5, 5.41) is 2.48. The van der Waals surface area contributed by atoms with Gasteiger partial charge in [-0.3, -0.25) is 0 Å². The SMILES string of the molecule is C(=C(/c1cccc(-c2ccccc2)c1)c1ccc2ccccc2c1)/c1ccc(N(c2ccccc2)c2ccccc2)cc1. The van der Waals surface area contributed by atoms with Crippen LogP contribution in [0.3, 0.4) is 0 Å². The summed E-state index contributed by atoms with van der Waals surface area (Å²) in [6.07, 6.45) is 2.31. The van der Waals surface area contributed by atoms with Gasteiger partial charge in [-0.25, -0.2) is 0 Å². The highest BCUT2D eigenvalue weighted by atomic mass is 15.1. The standard InChI is InChI=1S/C42H31N/c1-4-13-33(14-5-1)36-17-12-18-37(30-36)42(38-26-25-34-15-10-11-16-35(34)31-38)29-32-23-27-41(28-24-32)43(39-19-6-2-7-20-39)40-21-8-3-9-22-40/h1-31H/b42-29+. The number of benzene rings is 7. The van der Waals surface area contributed by atoms with Crippen LogP contribution in [-0.2, 0) is 0 Å². The molecule has 0 heterocycles. The van der Waals surface area contributed by atoms with E-state index in [9.17, 15) is 0 Å². The van der Waals surface area contributed by atoms with E-state index in [1.54, 1.807) is 0 Å². The predicted octanol–water partition coefficient (Wildman–Crippen LogP) is 11.6. The van der Waals surface area contributed by atoms with E-state index >= 15 is 0 Å². The minimum Gasteiger partial charge on any atom is -0.311 e. The molecule has 1 heteroatoms. The average Bonchev–Trinajstić information content (AvgIpc) is 3.09. The summed E-state index contributed by atoms with van der Waals surface area (Å²) in [5.41, 5.74) is 10.5. The van der Waals surface area contributed by atoms with Gasteiger partial charge in [-0.1, -0.05) is 133 Å². The Bertz CT molecular complexity index is 1950. The van der Waals surface area contributed by atoms with E-state index in [1.165, 1.54) is 38.6 Å². The minimum absolute atomic E-state index is 1.12. The van der Waals surface area contributed by atoms with Gasteiger partial charge in [0, 0.05) is 17.1 Å². The number of hydrogen-bond donors (Lipinski definition) is 0. The van der Waals surface area contributed by atoms with Crippen LogP contribution in [0.15, 0.2) is 182 Å². The van der Waals surface area contributed by atoms with Gasteiger partial charge in [-0.2, -0.15) is 0 Å². The first-order valence-corrected chi connectivity index (χ1v) is 14.7. The Kier molecular flexibility index (Phi) is 7.36. The first-order chi connectivity index (χ1) is 21.3. The summed E-state index contributed by atoms with van der Waals surface area (Å²) in [7, 11) is 0. The summed E-state index contributed by atoms with van der Waals surface area (Å²) < 4.78 is 0. The van der Waals surface area contributed by atoms with Gasteiger partial charge in [0.25, 0.3) is 0 Å². The third-order valence-corrected chi connectivity index (χ3v) is 7.83. The molecule has 204 valence electrons. The molecule has 0 bridgehead atoms. The molecule has 0 radical (unpaired) electrons. The van der Waals surface area contributed by atoms with E-state index in [2.05, 4.69) is 193 Å². The van der Waals surface area contributed by atoms with Crippen LogP contribution in [0.25, 0.3) is 33.5 Å². The quantitative estimate of drug-likeness (QED) is 0.179. The van der Waals surface area contributed by atoms with Crippen LogP contribution in [0.4, 0.5) is 17.1 Å². The maximum absolute atomic E-state index is 2.31. The molecule has 7 aromatic carbocycles. The van der Waals surface area contributed by atoms with Crippen molar-refractivity contribution in [3.63, 3.8) is 0 Å². The summed E-state index contributed by atoms with van der Waals surface area (Å²) in [6.45, 7) is 0. The van der Waals surface area contributed by atoms with Crippen molar-refractivity contribution in [2.24, 2.45) is 0 Å². The molecule has 0 saturated carbocycles. The van der Waals surface area contributed by atoms with Crippen LogP contribution in [0.5, 0.6) is 0 Å². The van der Waals surface area contributed by atoms with Crippen molar-refractivity contribution in [3.8, 4) is 11.1 Å². The van der Waals surface area contributed by atoms with Crippen molar-refractivity contribution in [3.05, 3.63) is 199 Å². The lowest BCUT2D eigenvalue weighted by Gasteiger charge is -2.25. The van der Waals surface area contributed by atoms with Gasteiger partial charge in [0.2, 0.25) is 0 Å². The molecule has 0 N–H and O–H groups in total. The molecule has 43 heavy (non-hydrogen) atoms. The summed E-state index contributed by atoms with van der Waals surface area (Å²) in [4.78, 5) is 2.29. The van der Waals surface area contributed by atoms with Crippen LogP contribution in [0.1, 0.15) is 16.7 Å². The molecule has 0 aliphatic heterocycles. The van der Waals surface area contributed by atoms with Gasteiger partial charge in [0.15, 0.2) is 0 Å². The number of anilines is 3. The lowest BCUT2D eigenvalue weighted by molar-refractivity contribution is 1.28. The Labute approximate surface area is 253 Å². The van der Waals surface area contributed by atoms with Gasteiger partial charge in [-0.15, -0.1) is 0 Å². The second-order valence-corrected chi connectivity index (χ2v) is 10.7. The fourth-order valence-electron chi connectivity index (χ4n) is 5.67. The molecule has 0 aromatic heterocycles. The lowest BCUT2D eigenvalue weighted by atomic mass is 9.92. The number of para-hydroxylation sites is 2. The van der Waals surface area contributed by atoms with Crippen LogP contribution >= 0.6 is 0 Å². The molecule has 0 saturated heterocycles. The van der Waals surface area contributed by atoms with E-state index in [0.717, 1.165) is 22.6 Å². The van der Waals surface area contributed by atoms with Gasteiger partial charge in [0.05, 0.1) is 0 Å². The normalized spacial score (nSPS) is 11.4. The third-order valence-electron chi connectivity index (χ3n) is 7.83. The third kappa shape index (κ3) is 5.75. The van der Waals surface area contributed by atoms with Gasteiger partial charge >= 0.3 is 0 Å². The minimum atomic E-state index is 1.12. The summed E-state index contributed by atoms with van der Waals surface area (Å²) in [6, 6.07) is 64.7. The van der Waals surface area contributed by atoms with E-state index in [1.807, 2.05) is 0 Å².